The minimum atomic E-state index is 0.187. The standard InChI is InChI=1S/C13H18N4O/c14-9-11-15-13(16-18-11)12(10-5-1-2-6-10)17-7-3-4-8-17/h3-4,7-8,10,12H,1-2,5-6,9,14H2/t12-/m0/s1. The van der Waals surface area contributed by atoms with Gasteiger partial charge in [0.05, 0.1) is 12.6 Å². The van der Waals surface area contributed by atoms with Crippen molar-refractivity contribution < 1.29 is 4.52 Å². The summed E-state index contributed by atoms with van der Waals surface area (Å²) in [5, 5.41) is 4.10. The summed E-state index contributed by atoms with van der Waals surface area (Å²) < 4.78 is 7.33. The predicted molar refractivity (Wildman–Crippen MR) is 66.7 cm³/mol. The molecule has 2 aromatic heterocycles. The molecule has 0 bridgehead atoms. The quantitative estimate of drug-likeness (QED) is 0.897. The maximum Gasteiger partial charge on any atom is 0.240 e. The fraction of sp³-hybridized carbons (Fsp3) is 0.538. The highest BCUT2D eigenvalue weighted by Crippen LogP contribution is 2.37. The zero-order valence-electron chi connectivity index (χ0n) is 10.3. The van der Waals surface area contributed by atoms with E-state index in [2.05, 4.69) is 27.1 Å². The molecule has 1 atom stereocenters. The average Bonchev–Trinajstić information content (AvgIpc) is 3.13. The van der Waals surface area contributed by atoms with Crippen LogP contribution in [0.5, 0.6) is 0 Å². The molecular formula is C13H18N4O. The van der Waals surface area contributed by atoms with Crippen LogP contribution in [0.4, 0.5) is 0 Å². The van der Waals surface area contributed by atoms with E-state index in [1.165, 1.54) is 25.7 Å². The van der Waals surface area contributed by atoms with Gasteiger partial charge in [0.25, 0.3) is 0 Å². The monoisotopic (exact) mass is 246 g/mol. The molecule has 1 saturated carbocycles. The molecule has 18 heavy (non-hydrogen) atoms. The molecule has 2 aromatic rings. The maximum absolute atomic E-state index is 5.53. The molecule has 0 spiro atoms. The Bertz CT molecular complexity index is 485. The summed E-state index contributed by atoms with van der Waals surface area (Å²) in [4.78, 5) is 4.41. The molecule has 5 heteroatoms. The topological polar surface area (TPSA) is 69.9 Å². The zero-order valence-corrected chi connectivity index (χ0v) is 10.3. The lowest BCUT2D eigenvalue weighted by atomic mass is 9.97. The highest BCUT2D eigenvalue weighted by molar-refractivity contribution is 5.05. The molecule has 1 aliphatic carbocycles. The number of aromatic nitrogens is 3. The van der Waals surface area contributed by atoms with Crippen LogP contribution in [-0.2, 0) is 6.54 Å². The molecule has 1 aliphatic rings. The van der Waals surface area contributed by atoms with E-state index < -0.39 is 0 Å². The van der Waals surface area contributed by atoms with Gasteiger partial charge in [0.1, 0.15) is 0 Å². The summed E-state index contributed by atoms with van der Waals surface area (Å²) in [5.41, 5.74) is 5.53. The predicted octanol–water partition coefficient (Wildman–Crippen LogP) is 2.11. The summed E-state index contributed by atoms with van der Waals surface area (Å²) in [6.45, 7) is 0.302. The summed E-state index contributed by atoms with van der Waals surface area (Å²) in [7, 11) is 0. The number of hydrogen-bond acceptors (Lipinski definition) is 4. The SMILES string of the molecule is NCc1nc([C@H](C2CCCC2)n2cccc2)no1. The minimum absolute atomic E-state index is 0.187. The van der Waals surface area contributed by atoms with Crippen LogP contribution in [-0.4, -0.2) is 14.7 Å². The van der Waals surface area contributed by atoms with Gasteiger partial charge in [-0.25, -0.2) is 0 Å². The van der Waals surface area contributed by atoms with E-state index >= 15 is 0 Å². The van der Waals surface area contributed by atoms with Crippen LogP contribution in [0.1, 0.15) is 43.4 Å². The van der Waals surface area contributed by atoms with E-state index in [9.17, 15) is 0 Å². The molecule has 0 saturated heterocycles. The third kappa shape index (κ3) is 2.06. The van der Waals surface area contributed by atoms with Crippen LogP contribution in [0, 0.1) is 5.92 Å². The first kappa shape index (κ1) is 11.5. The van der Waals surface area contributed by atoms with Crippen LogP contribution < -0.4 is 5.73 Å². The van der Waals surface area contributed by atoms with Crippen LogP contribution >= 0.6 is 0 Å². The first-order chi connectivity index (χ1) is 8.88. The van der Waals surface area contributed by atoms with Crippen LogP contribution in [0.15, 0.2) is 29.0 Å². The van der Waals surface area contributed by atoms with E-state index in [1.54, 1.807) is 0 Å². The maximum atomic E-state index is 5.53. The zero-order chi connectivity index (χ0) is 12.4. The number of nitrogens with two attached hydrogens (primary N) is 1. The fourth-order valence-electron chi connectivity index (χ4n) is 2.87. The van der Waals surface area contributed by atoms with Crippen molar-refractivity contribution in [3.63, 3.8) is 0 Å². The normalized spacial score (nSPS) is 18.3. The van der Waals surface area contributed by atoms with Gasteiger partial charge in [-0.15, -0.1) is 0 Å². The Hall–Kier alpha value is -1.62. The van der Waals surface area contributed by atoms with Crippen molar-refractivity contribution in [2.24, 2.45) is 11.7 Å². The van der Waals surface area contributed by atoms with Gasteiger partial charge in [-0.05, 0) is 30.9 Å². The lowest BCUT2D eigenvalue weighted by Crippen LogP contribution is -2.19. The van der Waals surface area contributed by atoms with Crippen molar-refractivity contribution in [1.82, 2.24) is 14.7 Å². The van der Waals surface area contributed by atoms with Gasteiger partial charge in [-0.2, -0.15) is 4.98 Å². The number of rotatable bonds is 4. The lowest BCUT2D eigenvalue weighted by molar-refractivity contribution is 0.336. The largest absolute Gasteiger partial charge is 0.343 e. The second-order valence-electron chi connectivity index (χ2n) is 4.87. The van der Waals surface area contributed by atoms with Gasteiger partial charge in [-0.1, -0.05) is 18.0 Å². The Morgan fingerprint density at radius 1 is 1.33 bits per heavy atom. The van der Waals surface area contributed by atoms with Crippen LogP contribution in [0.2, 0.25) is 0 Å². The van der Waals surface area contributed by atoms with E-state index in [0.717, 1.165) is 5.82 Å². The molecule has 0 amide bonds. The molecular weight excluding hydrogens is 228 g/mol. The average molecular weight is 246 g/mol. The molecule has 2 N–H and O–H groups in total. The summed E-state index contributed by atoms with van der Waals surface area (Å²) in [5.74, 6) is 1.87. The van der Waals surface area contributed by atoms with E-state index in [4.69, 9.17) is 10.3 Å². The first-order valence-corrected chi connectivity index (χ1v) is 6.53. The van der Waals surface area contributed by atoms with Gasteiger partial charge in [0.2, 0.25) is 5.89 Å². The molecule has 3 rings (SSSR count). The van der Waals surface area contributed by atoms with Crippen molar-refractivity contribution in [2.75, 3.05) is 0 Å². The third-order valence-electron chi connectivity index (χ3n) is 3.72. The molecule has 0 aliphatic heterocycles. The Morgan fingerprint density at radius 3 is 2.67 bits per heavy atom. The first-order valence-electron chi connectivity index (χ1n) is 6.53. The van der Waals surface area contributed by atoms with Gasteiger partial charge in [0.15, 0.2) is 5.82 Å². The molecule has 2 heterocycles. The summed E-state index contributed by atoms with van der Waals surface area (Å²) in [6.07, 6.45) is 9.20. The molecule has 96 valence electrons. The second-order valence-corrected chi connectivity index (χ2v) is 4.87. The van der Waals surface area contributed by atoms with Crippen molar-refractivity contribution in [3.8, 4) is 0 Å². The smallest absolute Gasteiger partial charge is 0.240 e. The van der Waals surface area contributed by atoms with Gasteiger partial charge >= 0.3 is 0 Å². The van der Waals surface area contributed by atoms with Crippen molar-refractivity contribution >= 4 is 0 Å². The second kappa shape index (κ2) is 4.94. The fourth-order valence-corrected chi connectivity index (χ4v) is 2.87. The Kier molecular flexibility index (Phi) is 3.15. The lowest BCUT2D eigenvalue weighted by Gasteiger charge is -2.21. The van der Waals surface area contributed by atoms with Crippen LogP contribution in [0.25, 0.3) is 0 Å². The highest BCUT2D eigenvalue weighted by atomic mass is 16.5. The molecule has 1 fully saturated rings. The van der Waals surface area contributed by atoms with Gasteiger partial charge in [-0.3, -0.25) is 0 Å². The summed E-state index contributed by atoms with van der Waals surface area (Å²) >= 11 is 0. The third-order valence-corrected chi connectivity index (χ3v) is 3.72. The Morgan fingerprint density at radius 2 is 2.06 bits per heavy atom. The van der Waals surface area contributed by atoms with Crippen molar-refractivity contribution in [2.45, 2.75) is 38.3 Å². The van der Waals surface area contributed by atoms with E-state index in [0.29, 0.717) is 18.4 Å². The van der Waals surface area contributed by atoms with E-state index in [1.807, 2.05) is 12.1 Å². The molecule has 0 unspecified atom stereocenters. The van der Waals surface area contributed by atoms with Crippen LogP contribution in [0.3, 0.4) is 0 Å². The van der Waals surface area contributed by atoms with Crippen molar-refractivity contribution in [3.05, 3.63) is 36.2 Å². The van der Waals surface area contributed by atoms with Crippen molar-refractivity contribution in [1.29, 1.82) is 0 Å². The highest BCUT2D eigenvalue weighted by Gasteiger charge is 2.30. The van der Waals surface area contributed by atoms with E-state index in [-0.39, 0.29) is 6.04 Å². The molecule has 5 nitrogen and oxygen atoms in total. The Labute approximate surface area is 106 Å². The molecule has 0 aromatic carbocycles. The summed E-state index contributed by atoms with van der Waals surface area (Å²) in [6, 6.07) is 4.25. The molecule has 0 radical (unpaired) electrons. The number of hydrogen-bond donors (Lipinski definition) is 1. The number of nitrogens with zero attached hydrogens (tertiary/aromatic N) is 3. The van der Waals surface area contributed by atoms with Gasteiger partial charge < -0.3 is 14.8 Å². The van der Waals surface area contributed by atoms with Gasteiger partial charge in [0, 0.05) is 12.4 Å². The minimum Gasteiger partial charge on any atom is -0.343 e. The Balaban J connectivity index is 1.93.